The van der Waals surface area contributed by atoms with Crippen LogP contribution in [0.15, 0.2) is 11.5 Å². The van der Waals surface area contributed by atoms with Crippen molar-refractivity contribution >= 4 is 15.2 Å². The van der Waals surface area contributed by atoms with Gasteiger partial charge in [-0.3, -0.25) is 4.57 Å². The Labute approximate surface area is 68.9 Å². The summed E-state index contributed by atoms with van der Waals surface area (Å²) in [4.78, 5) is 0. The van der Waals surface area contributed by atoms with Gasteiger partial charge in [0, 0.05) is 19.2 Å². The van der Waals surface area contributed by atoms with Gasteiger partial charge >= 0.3 is 0 Å². The van der Waals surface area contributed by atoms with Gasteiger partial charge in [0.15, 0.2) is 7.37 Å². The molecule has 2 nitrogen and oxygen atoms in total. The van der Waals surface area contributed by atoms with Gasteiger partial charge in [0.1, 0.15) is 7.85 Å². The largest absolute Gasteiger partial charge is 0.328 e. The van der Waals surface area contributed by atoms with Gasteiger partial charge in [0.05, 0.1) is 6.61 Å². The molecule has 1 aliphatic rings. The fourth-order valence-electron chi connectivity index (χ4n) is 0.865. The first-order valence-electron chi connectivity index (χ1n) is 3.63. The van der Waals surface area contributed by atoms with Crippen molar-refractivity contribution in [3.63, 3.8) is 0 Å². The van der Waals surface area contributed by atoms with Crippen LogP contribution in [0.3, 0.4) is 0 Å². The average Bonchev–Trinajstić information content (AvgIpc) is 2.60. The van der Waals surface area contributed by atoms with Crippen molar-refractivity contribution < 1.29 is 9.09 Å². The predicted molar refractivity (Wildman–Crippen MR) is 47.4 cm³/mol. The lowest BCUT2D eigenvalue weighted by molar-refractivity contribution is 0.308. The van der Waals surface area contributed by atoms with E-state index < -0.39 is 7.37 Å². The van der Waals surface area contributed by atoms with E-state index in [-0.39, 0.29) is 0 Å². The van der Waals surface area contributed by atoms with Crippen LogP contribution in [0.5, 0.6) is 0 Å². The molecule has 1 fully saturated rings. The summed E-state index contributed by atoms with van der Waals surface area (Å²) in [6, 6.07) is 0. The van der Waals surface area contributed by atoms with Crippen LogP contribution in [0, 0.1) is 5.92 Å². The summed E-state index contributed by atoms with van der Waals surface area (Å²) >= 11 is 0. The molecule has 1 rings (SSSR count). The third kappa shape index (κ3) is 3.26. The monoisotopic (exact) mass is 170 g/mol. The van der Waals surface area contributed by atoms with Crippen LogP contribution >= 0.6 is 7.37 Å². The zero-order valence-corrected chi connectivity index (χ0v) is 7.80. The molecule has 1 saturated carbocycles. The van der Waals surface area contributed by atoms with E-state index in [1.54, 1.807) is 19.3 Å². The van der Waals surface area contributed by atoms with Crippen molar-refractivity contribution in [2.24, 2.45) is 5.92 Å². The van der Waals surface area contributed by atoms with Crippen molar-refractivity contribution in [2.75, 3.05) is 19.9 Å². The first-order valence-corrected chi connectivity index (χ1v) is 6.15. The topological polar surface area (TPSA) is 26.3 Å². The molecule has 0 aliphatic heterocycles. The van der Waals surface area contributed by atoms with E-state index in [1.165, 1.54) is 5.57 Å². The molecule has 0 spiro atoms. The van der Waals surface area contributed by atoms with E-state index in [9.17, 15) is 4.57 Å². The maximum atomic E-state index is 11.1. The molecule has 11 heavy (non-hydrogen) atoms. The Hall–Kier alpha value is -0.00506. The average molecular weight is 170 g/mol. The van der Waals surface area contributed by atoms with Crippen LogP contribution < -0.4 is 0 Å². The molecular formula is C7H12BO2P. The van der Waals surface area contributed by atoms with Gasteiger partial charge in [-0.25, -0.2) is 0 Å². The standard InChI is InChI=1S/C7H12BO2P/c1-11(2,9)10-5-7-3-6(7)4-8/h4,7H,3,5H2,1-2H3/b6-4-. The Kier molecular flexibility index (Phi) is 2.61. The number of hydrogen-bond acceptors (Lipinski definition) is 2. The Morgan fingerprint density at radius 1 is 1.82 bits per heavy atom. The molecule has 4 heteroatoms. The van der Waals surface area contributed by atoms with Crippen molar-refractivity contribution in [1.82, 2.24) is 0 Å². The van der Waals surface area contributed by atoms with E-state index in [0.29, 0.717) is 12.5 Å². The van der Waals surface area contributed by atoms with Crippen LogP contribution in [0.1, 0.15) is 6.42 Å². The lowest BCUT2D eigenvalue weighted by Gasteiger charge is -2.05. The van der Waals surface area contributed by atoms with E-state index in [2.05, 4.69) is 0 Å². The van der Waals surface area contributed by atoms with Gasteiger partial charge in [-0.1, -0.05) is 5.57 Å². The molecule has 0 aromatic carbocycles. The first kappa shape index (κ1) is 9.09. The van der Waals surface area contributed by atoms with Crippen molar-refractivity contribution in [3.05, 3.63) is 11.5 Å². The minimum Gasteiger partial charge on any atom is -0.328 e. The number of rotatable bonds is 3. The highest BCUT2D eigenvalue weighted by Gasteiger charge is 2.29. The SMILES string of the molecule is [B]/C=C1/CC1COP(C)(C)=O. The van der Waals surface area contributed by atoms with Crippen molar-refractivity contribution in [2.45, 2.75) is 6.42 Å². The molecule has 0 amide bonds. The summed E-state index contributed by atoms with van der Waals surface area (Å²) in [6.45, 7) is 3.82. The normalized spacial score (nSPS) is 27.5. The molecule has 0 aromatic heterocycles. The van der Waals surface area contributed by atoms with Crippen LogP contribution in [0.2, 0.25) is 0 Å². The minimum atomic E-state index is -2.28. The molecular weight excluding hydrogens is 158 g/mol. The van der Waals surface area contributed by atoms with Gasteiger partial charge in [0.25, 0.3) is 0 Å². The molecule has 0 bridgehead atoms. The highest BCUT2D eigenvalue weighted by atomic mass is 31.2. The molecule has 1 unspecified atom stereocenters. The Morgan fingerprint density at radius 2 is 2.45 bits per heavy atom. The van der Waals surface area contributed by atoms with Gasteiger partial charge in [0.2, 0.25) is 0 Å². The second kappa shape index (κ2) is 3.16. The highest BCUT2D eigenvalue weighted by Crippen LogP contribution is 2.43. The zero-order chi connectivity index (χ0) is 8.48. The third-order valence-electron chi connectivity index (χ3n) is 1.65. The summed E-state index contributed by atoms with van der Waals surface area (Å²) in [6.07, 6.45) is 1.01. The summed E-state index contributed by atoms with van der Waals surface area (Å²) < 4.78 is 16.2. The Balaban J connectivity index is 2.21. The van der Waals surface area contributed by atoms with E-state index >= 15 is 0 Å². The maximum Gasteiger partial charge on any atom is 0.197 e. The van der Waals surface area contributed by atoms with E-state index in [1.807, 2.05) is 0 Å². The molecule has 0 saturated heterocycles. The molecule has 1 aliphatic carbocycles. The third-order valence-corrected chi connectivity index (χ3v) is 2.42. The summed E-state index contributed by atoms with van der Waals surface area (Å²) in [5.41, 5.74) is 1.22. The Bertz CT molecular complexity index is 218. The molecule has 0 N–H and O–H groups in total. The summed E-state index contributed by atoms with van der Waals surface area (Å²) in [7, 11) is 2.99. The van der Waals surface area contributed by atoms with Gasteiger partial charge in [-0.15, -0.1) is 5.98 Å². The van der Waals surface area contributed by atoms with Crippen LogP contribution in [0.4, 0.5) is 0 Å². The molecule has 60 valence electrons. The molecule has 0 aromatic rings. The van der Waals surface area contributed by atoms with Gasteiger partial charge < -0.3 is 4.52 Å². The second-order valence-corrected chi connectivity index (χ2v) is 5.95. The number of hydrogen-bond donors (Lipinski definition) is 0. The smallest absolute Gasteiger partial charge is 0.197 e. The molecule has 1 atom stereocenters. The van der Waals surface area contributed by atoms with Crippen LogP contribution in [-0.4, -0.2) is 27.8 Å². The lowest BCUT2D eigenvalue weighted by Crippen LogP contribution is -1.92. The maximum absolute atomic E-state index is 11.1. The zero-order valence-electron chi connectivity index (χ0n) is 6.91. The van der Waals surface area contributed by atoms with E-state index in [4.69, 9.17) is 12.4 Å². The first-order chi connectivity index (χ1) is 5.03. The Morgan fingerprint density at radius 3 is 2.82 bits per heavy atom. The highest BCUT2D eigenvalue weighted by molar-refractivity contribution is 7.57. The fourth-order valence-corrected chi connectivity index (χ4v) is 1.40. The summed E-state index contributed by atoms with van der Waals surface area (Å²) in [5, 5.41) is 0. The molecule has 2 radical (unpaired) electrons. The van der Waals surface area contributed by atoms with Gasteiger partial charge in [-0.05, 0) is 6.42 Å². The quantitative estimate of drug-likeness (QED) is 0.475. The van der Waals surface area contributed by atoms with Crippen molar-refractivity contribution in [3.8, 4) is 0 Å². The minimum absolute atomic E-state index is 0.438. The summed E-state index contributed by atoms with van der Waals surface area (Å²) in [5.74, 6) is 2.05. The fraction of sp³-hybridized carbons (Fsp3) is 0.714. The lowest BCUT2D eigenvalue weighted by atomic mass is 10.1. The van der Waals surface area contributed by atoms with Crippen LogP contribution in [0.25, 0.3) is 0 Å². The molecule has 0 heterocycles. The van der Waals surface area contributed by atoms with Crippen molar-refractivity contribution in [1.29, 1.82) is 0 Å². The van der Waals surface area contributed by atoms with Gasteiger partial charge in [-0.2, -0.15) is 0 Å². The predicted octanol–water partition coefficient (Wildman–Crippen LogP) is 1.61. The second-order valence-electron chi connectivity index (χ2n) is 3.19. The van der Waals surface area contributed by atoms with E-state index in [0.717, 1.165) is 6.42 Å². The van der Waals surface area contributed by atoms with Crippen LogP contribution in [-0.2, 0) is 9.09 Å².